The lowest BCUT2D eigenvalue weighted by molar-refractivity contribution is 0.0780. The Morgan fingerprint density at radius 2 is 0.911 bits per heavy atom. The van der Waals surface area contributed by atoms with E-state index < -0.39 is 0 Å². The summed E-state index contributed by atoms with van der Waals surface area (Å²) >= 11 is 1.88. The molecular formula is C53H48N2S. The topological polar surface area (TPSA) is 6.48 Å². The molecule has 2 saturated carbocycles. The van der Waals surface area contributed by atoms with Gasteiger partial charge in [-0.15, -0.1) is 11.3 Å². The average molecular weight is 745 g/mol. The summed E-state index contributed by atoms with van der Waals surface area (Å²) in [7, 11) is 0. The van der Waals surface area contributed by atoms with Gasteiger partial charge in [0, 0.05) is 54.3 Å². The first-order valence-electron chi connectivity index (χ1n) is 20.4. The Balaban J connectivity index is 1.02. The number of para-hydroxylation sites is 2. The average Bonchev–Trinajstić information content (AvgIpc) is 3.59. The second-order valence-electron chi connectivity index (χ2n) is 16.7. The molecule has 0 radical (unpaired) electrons. The minimum atomic E-state index is 0.325. The smallest absolute Gasteiger partial charge is 0.0476 e. The number of hydrogen-bond acceptors (Lipinski definition) is 3. The van der Waals surface area contributed by atoms with Gasteiger partial charge in [-0.25, -0.2) is 0 Å². The van der Waals surface area contributed by atoms with Crippen molar-refractivity contribution >= 4 is 65.6 Å². The highest BCUT2D eigenvalue weighted by Crippen LogP contribution is 2.54. The summed E-state index contributed by atoms with van der Waals surface area (Å²) in [5.41, 5.74) is 11.3. The van der Waals surface area contributed by atoms with E-state index >= 15 is 0 Å². The number of nitrogens with zero attached hydrogens (tertiary/aromatic N) is 2. The van der Waals surface area contributed by atoms with Crippen LogP contribution in [0.2, 0.25) is 0 Å². The van der Waals surface area contributed by atoms with E-state index in [1.54, 1.807) is 5.56 Å². The predicted octanol–water partition coefficient (Wildman–Crippen LogP) is 15.8. The lowest BCUT2D eigenvalue weighted by Crippen LogP contribution is -2.42. The molecule has 2 aliphatic rings. The maximum Gasteiger partial charge on any atom is 0.0476 e. The van der Waals surface area contributed by atoms with Crippen molar-refractivity contribution in [2.45, 2.75) is 51.4 Å². The zero-order valence-corrected chi connectivity index (χ0v) is 33.1. The number of thiophene rings is 1. The third-order valence-corrected chi connectivity index (χ3v) is 13.7. The van der Waals surface area contributed by atoms with Gasteiger partial charge in [0.2, 0.25) is 0 Å². The molecule has 56 heavy (non-hydrogen) atoms. The minimum Gasteiger partial charge on any atom is -0.310 e. The Labute approximate surface area is 335 Å². The zero-order valence-electron chi connectivity index (χ0n) is 32.3. The molecule has 2 atom stereocenters. The molecule has 276 valence electrons. The highest BCUT2D eigenvalue weighted by molar-refractivity contribution is 7.25. The predicted molar refractivity (Wildman–Crippen MR) is 241 cm³/mol. The highest BCUT2D eigenvalue weighted by atomic mass is 32.1. The van der Waals surface area contributed by atoms with E-state index in [1.807, 2.05) is 11.3 Å². The molecule has 3 heteroatoms. The zero-order chi connectivity index (χ0) is 37.6. The summed E-state index contributed by atoms with van der Waals surface area (Å²) < 4.78 is 2.59. The third kappa shape index (κ3) is 6.48. The normalized spacial score (nSPS) is 20.6. The second-order valence-corrected chi connectivity index (χ2v) is 17.8. The SMILES string of the molecule is CC1CC2CC(C)CC(c3ccc(N(c4ccccc4)c4ccc5sc6cc(N(c7ccccc7)c7ccc(-c8ccccc8)cc7)ccc6c5c4)cc3)(C1)C2. The molecule has 2 aliphatic carbocycles. The molecule has 1 heterocycles. The van der Waals surface area contributed by atoms with Crippen LogP contribution in [0.5, 0.6) is 0 Å². The van der Waals surface area contributed by atoms with Crippen molar-refractivity contribution in [1.82, 2.24) is 0 Å². The van der Waals surface area contributed by atoms with Crippen LogP contribution in [0.1, 0.15) is 51.5 Å². The number of anilines is 6. The lowest BCUT2D eigenvalue weighted by atomic mass is 9.54. The Morgan fingerprint density at radius 3 is 1.52 bits per heavy atom. The van der Waals surface area contributed by atoms with Crippen LogP contribution < -0.4 is 9.80 Å². The molecule has 0 aliphatic heterocycles. The molecule has 0 amide bonds. The molecule has 0 spiro atoms. The van der Waals surface area contributed by atoms with Crippen LogP contribution in [0, 0.1) is 17.8 Å². The lowest BCUT2D eigenvalue weighted by Gasteiger charge is -2.50. The van der Waals surface area contributed by atoms with E-state index in [-0.39, 0.29) is 0 Å². The standard InChI is InChI=1S/C53H48N2S/c1-37-30-39-31-38(2)35-53(34-37,36-39)42-20-24-46(25-21-42)54(43-14-8-4-9-15-43)47-27-29-51-50(32-47)49-28-26-48(33-52(49)56-51)55(44-16-10-5-11-17-44)45-22-18-41(19-23-45)40-12-6-3-7-13-40/h3-29,32-33,37-39H,30-31,34-36H2,1-2H3. The van der Waals surface area contributed by atoms with Gasteiger partial charge < -0.3 is 9.80 Å². The number of hydrogen-bond donors (Lipinski definition) is 0. The molecule has 2 unspecified atom stereocenters. The van der Waals surface area contributed by atoms with Crippen LogP contribution >= 0.6 is 11.3 Å². The number of rotatable bonds is 8. The van der Waals surface area contributed by atoms with Crippen LogP contribution in [0.25, 0.3) is 31.3 Å². The first-order chi connectivity index (χ1) is 27.5. The molecule has 2 bridgehead atoms. The van der Waals surface area contributed by atoms with Gasteiger partial charge >= 0.3 is 0 Å². The summed E-state index contributed by atoms with van der Waals surface area (Å²) in [6, 6.07) is 64.8. The molecule has 2 nitrogen and oxygen atoms in total. The van der Waals surface area contributed by atoms with Gasteiger partial charge in [0.05, 0.1) is 0 Å². The summed E-state index contributed by atoms with van der Waals surface area (Å²) in [5, 5.41) is 2.58. The maximum absolute atomic E-state index is 2.48. The first kappa shape index (κ1) is 34.8. The quantitative estimate of drug-likeness (QED) is 0.153. The van der Waals surface area contributed by atoms with E-state index in [1.165, 1.54) is 80.5 Å². The minimum absolute atomic E-state index is 0.325. The van der Waals surface area contributed by atoms with E-state index in [0.29, 0.717) is 5.41 Å². The second kappa shape index (κ2) is 14.5. The molecular weight excluding hydrogens is 697 g/mol. The fourth-order valence-corrected chi connectivity index (χ4v) is 11.7. The van der Waals surface area contributed by atoms with Crippen molar-refractivity contribution in [3.05, 3.63) is 181 Å². The molecule has 7 aromatic carbocycles. The fourth-order valence-electron chi connectivity index (χ4n) is 10.5. The van der Waals surface area contributed by atoms with Crippen molar-refractivity contribution in [3.8, 4) is 11.1 Å². The fraction of sp³-hybridized carbons (Fsp3) is 0.208. The maximum atomic E-state index is 2.48. The number of benzene rings is 7. The summed E-state index contributed by atoms with van der Waals surface area (Å²) in [6.45, 7) is 4.97. The Hall–Kier alpha value is -5.64. The largest absolute Gasteiger partial charge is 0.310 e. The van der Waals surface area contributed by atoms with Crippen LogP contribution in [0.15, 0.2) is 176 Å². The molecule has 2 fully saturated rings. The summed E-state index contributed by atoms with van der Waals surface area (Å²) in [6.07, 6.45) is 6.81. The van der Waals surface area contributed by atoms with Gasteiger partial charge in [-0.05, 0) is 151 Å². The van der Waals surface area contributed by atoms with E-state index in [9.17, 15) is 0 Å². The molecule has 1 aromatic heterocycles. The number of fused-ring (bicyclic) bond motifs is 5. The van der Waals surface area contributed by atoms with Gasteiger partial charge in [-0.1, -0.05) is 111 Å². The Bertz CT molecular complexity index is 2570. The van der Waals surface area contributed by atoms with Crippen molar-refractivity contribution in [1.29, 1.82) is 0 Å². The van der Waals surface area contributed by atoms with Crippen LogP contribution in [-0.4, -0.2) is 0 Å². The van der Waals surface area contributed by atoms with Gasteiger partial charge in [0.1, 0.15) is 0 Å². The molecule has 8 aromatic rings. The monoisotopic (exact) mass is 744 g/mol. The molecule has 10 rings (SSSR count). The molecule has 0 saturated heterocycles. The van der Waals surface area contributed by atoms with Gasteiger partial charge in [-0.2, -0.15) is 0 Å². The van der Waals surface area contributed by atoms with Crippen molar-refractivity contribution in [2.24, 2.45) is 17.8 Å². The van der Waals surface area contributed by atoms with E-state index in [2.05, 4.69) is 200 Å². The van der Waals surface area contributed by atoms with Crippen molar-refractivity contribution in [2.75, 3.05) is 9.80 Å². The first-order valence-corrected chi connectivity index (χ1v) is 21.2. The Morgan fingerprint density at radius 1 is 0.429 bits per heavy atom. The summed E-state index contributed by atoms with van der Waals surface area (Å²) in [4.78, 5) is 4.80. The van der Waals surface area contributed by atoms with Gasteiger partial charge in [0.25, 0.3) is 0 Å². The van der Waals surface area contributed by atoms with Crippen molar-refractivity contribution in [3.63, 3.8) is 0 Å². The van der Waals surface area contributed by atoms with Crippen LogP contribution in [0.3, 0.4) is 0 Å². The third-order valence-electron chi connectivity index (χ3n) is 12.6. The van der Waals surface area contributed by atoms with Crippen molar-refractivity contribution < 1.29 is 0 Å². The Kier molecular flexibility index (Phi) is 8.99. The van der Waals surface area contributed by atoms with Gasteiger partial charge in [-0.3, -0.25) is 0 Å². The molecule has 0 N–H and O–H groups in total. The van der Waals surface area contributed by atoms with Gasteiger partial charge in [0.15, 0.2) is 0 Å². The highest BCUT2D eigenvalue weighted by Gasteiger charge is 2.45. The summed E-state index contributed by atoms with van der Waals surface area (Å²) in [5.74, 6) is 2.48. The van der Waals surface area contributed by atoms with E-state index in [4.69, 9.17) is 0 Å². The van der Waals surface area contributed by atoms with E-state index in [0.717, 1.165) is 34.8 Å². The van der Waals surface area contributed by atoms with Crippen LogP contribution in [-0.2, 0) is 5.41 Å². The van der Waals surface area contributed by atoms with Crippen LogP contribution in [0.4, 0.5) is 34.1 Å².